The maximum absolute atomic E-state index is 11.0. The number of carbonyl (C=O) groups excluding carboxylic acids is 3. The molecular formula is C7H13N3O3. The molecule has 0 unspecified atom stereocenters. The van der Waals surface area contributed by atoms with E-state index in [-0.39, 0.29) is 12.3 Å². The van der Waals surface area contributed by atoms with Crippen LogP contribution in [0.4, 0.5) is 0 Å². The van der Waals surface area contributed by atoms with Gasteiger partial charge in [-0.25, -0.2) is 0 Å². The van der Waals surface area contributed by atoms with Gasteiger partial charge in [0.1, 0.15) is 6.04 Å². The zero-order valence-corrected chi connectivity index (χ0v) is 7.59. The van der Waals surface area contributed by atoms with Crippen LogP contribution in [-0.2, 0) is 14.4 Å². The Morgan fingerprint density at radius 2 is 1.92 bits per heavy atom. The molecule has 0 aliphatic rings. The Hall–Kier alpha value is -1.59. The van der Waals surface area contributed by atoms with Crippen LogP contribution in [0.1, 0.15) is 13.3 Å². The third kappa shape index (κ3) is 4.78. The molecule has 6 nitrogen and oxygen atoms in total. The van der Waals surface area contributed by atoms with Crippen LogP contribution in [0.5, 0.6) is 0 Å². The molecule has 0 saturated carbocycles. The Balaban J connectivity index is 4.26. The maximum Gasteiger partial charge on any atom is 0.242 e. The van der Waals surface area contributed by atoms with Gasteiger partial charge >= 0.3 is 0 Å². The van der Waals surface area contributed by atoms with E-state index in [1.54, 1.807) is 0 Å². The average Bonchev–Trinajstić information content (AvgIpc) is 2.00. The van der Waals surface area contributed by atoms with Crippen molar-refractivity contribution in [3.05, 3.63) is 0 Å². The van der Waals surface area contributed by atoms with Gasteiger partial charge in [0, 0.05) is 14.0 Å². The highest BCUT2D eigenvalue weighted by Gasteiger charge is 2.19. The molecule has 4 N–H and O–H groups in total. The summed E-state index contributed by atoms with van der Waals surface area (Å²) in [5.41, 5.74) is 4.89. The van der Waals surface area contributed by atoms with E-state index < -0.39 is 17.9 Å². The molecule has 0 radical (unpaired) electrons. The van der Waals surface area contributed by atoms with Gasteiger partial charge in [-0.3, -0.25) is 14.4 Å². The van der Waals surface area contributed by atoms with Crippen molar-refractivity contribution >= 4 is 17.7 Å². The number of amides is 3. The van der Waals surface area contributed by atoms with Crippen molar-refractivity contribution in [2.75, 3.05) is 7.05 Å². The van der Waals surface area contributed by atoms with Crippen molar-refractivity contribution in [3.63, 3.8) is 0 Å². The molecule has 0 aromatic heterocycles. The molecule has 0 saturated heterocycles. The summed E-state index contributed by atoms with van der Waals surface area (Å²) < 4.78 is 0. The third-order valence-electron chi connectivity index (χ3n) is 1.35. The predicted molar refractivity (Wildman–Crippen MR) is 45.5 cm³/mol. The number of nitrogens with two attached hydrogens (primary N) is 1. The van der Waals surface area contributed by atoms with E-state index in [0.29, 0.717) is 0 Å². The van der Waals surface area contributed by atoms with E-state index in [2.05, 4.69) is 10.6 Å². The van der Waals surface area contributed by atoms with E-state index in [1.165, 1.54) is 14.0 Å². The highest BCUT2D eigenvalue weighted by atomic mass is 16.2. The van der Waals surface area contributed by atoms with Gasteiger partial charge in [0.05, 0.1) is 6.42 Å². The Kier molecular flexibility index (Phi) is 4.50. The first-order chi connectivity index (χ1) is 5.97. The largest absolute Gasteiger partial charge is 0.370 e. The van der Waals surface area contributed by atoms with Crippen LogP contribution in [0.25, 0.3) is 0 Å². The van der Waals surface area contributed by atoms with Gasteiger partial charge in [0.15, 0.2) is 0 Å². The summed E-state index contributed by atoms with van der Waals surface area (Å²) in [6.45, 7) is 1.26. The smallest absolute Gasteiger partial charge is 0.242 e. The van der Waals surface area contributed by atoms with Crippen molar-refractivity contribution in [3.8, 4) is 0 Å². The van der Waals surface area contributed by atoms with Gasteiger partial charge < -0.3 is 16.4 Å². The summed E-state index contributed by atoms with van der Waals surface area (Å²) in [6, 6.07) is -0.875. The SMILES string of the molecule is CNC(=O)[C@@H](CC(N)=O)NC(C)=O. The van der Waals surface area contributed by atoms with Gasteiger partial charge in [-0.2, -0.15) is 0 Å². The Bertz CT molecular complexity index is 211. The molecule has 13 heavy (non-hydrogen) atoms. The lowest BCUT2D eigenvalue weighted by Crippen LogP contribution is -2.46. The second-order valence-corrected chi connectivity index (χ2v) is 2.54. The Morgan fingerprint density at radius 1 is 1.38 bits per heavy atom. The molecular weight excluding hydrogens is 174 g/mol. The van der Waals surface area contributed by atoms with Crippen LogP contribution in [0.3, 0.4) is 0 Å². The zero-order chi connectivity index (χ0) is 10.4. The summed E-state index contributed by atoms with van der Waals surface area (Å²) in [5, 5.41) is 4.62. The van der Waals surface area contributed by atoms with E-state index in [1.807, 2.05) is 0 Å². The number of likely N-dealkylation sites (N-methyl/N-ethyl adjacent to an activating group) is 1. The zero-order valence-electron chi connectivity index (χ0n) is 7.59. The van der Waals surface area contributed by atoms with Crippen LogP contribution in [-0.4, -0.2) is 30.8 Å². The van der Waals surface area contributed by atoms with Crippen LogP contribution in [0.2, 0.25) is 0 Å². The number of hydrogen-bond donors (Lipinski definition) is 3. The summed E-state index contributed by atoms with van der Waals surface area (Å²) >= 11 is 0. The van der Waals surface area contributed by atoms with Gasteiger partial charge in [-0.05, 0) is 0 Å². The van der Waals surface area contributed by atoms with Crippen molar-refractivity contribution < 1.29 is 14.4 Å². The van der Waals surface area contributed by atoms with Crippen LogP contribution in [0.15, 0.2) is 0 Å². The predicted octanol–water partition coefficient (Wildman–Crippen LogP) is -1.89. The topological polar surface area (TPSA) is 101 Å². The first kappa shape index (κ1) is 11.4. The number of primary amides is 1. The maximum atomic E-state index is 11.0. The second-order valence-electron chi connectivity index (χ2n) is 2.54. The van der Waals surface area contributed by atoms with Crippen LogP contribution >= 0.6 is 0 Å². The van der Waals surface area contributed by atoms with Crippen molar-refractivity contribution in [2.45, 2.75) is 19.4 Å². The molecule has 0 fully saturated rings. The van der Waals surface area contributed by atoms with Gasteiger partial charge in [0.25, 0.3) is 0 Å². The van der Waals surface area contributed by atoms with Gasteiger partial charge in [-0.1, -0.05) is 0 Å². The molecule has 6 heteroatoms. The molecule has 0 heterocycles. The molecule has 0 aliphatic carbocycles. The molecule has 74 valence electrons. The molecule has 3 amide bonds. The first-order valence-corrected chi connectivity index (χ1v) is 3.74. The van der Waals surface area contributed by atoms with Crippen molar-refractivity contribution in [2.24, 2.45) is 5.73 Å². The first-order valence-electron chi connectivity index (χ1n) is 3.74. The standard InChI is InChI=1S/C7H13N3O3/c1-4(11)10-5(3-6(8)12)7(13)9-2/h5H,3H2,1-2H3,(H2,8,12)(H,9,13)(H,10,11)/t5-/m1/s1. The summed E-state index contributed by atoms with van der Waals surface area (Å²) in [4.78, 5) is 32.2. The molecule has 0 aliphatic heterocycles. The van der Waals surface area contributed by atoms with E-state index in [9.17, 15) is 14.4 Å². The fourth-order valence-electron chi connectivity index (χ4n) is 0.830. The fourth-order valence-corrected chi connectivity index (χ4v) is 0.830. The van der Waals surface area contributed by atoms with Gasteiger partial charge in [0.2, 0.25) is 17.7 Å². The van der Waals surface area contributed by atoms with E-state index in [0.717, 1.165) is 0 Å². The normalized spacial score (nSPS) is 11.5. The number of rotatable bonds is 4. The van der Waals surface area contributed by atoms with Crippen LogP contribution in [0, 0.1) is 0 Å². The molecule has 0 spiro atoms. The highest BCUT2D eigenvalue weighted by Crippen LogP contribution is 1.90. The fraction of sp³-hybridized carbons (Fsp3) is 0.571. The van der Waals surface area contributed by atoms with E-state index >= 15 is 0 Å². The average molecular weight is 187 g/mol. The summed E-state index contributed by atoms with van der Waals surface area (Å²) in [6.07, 6.45) is -0.195. The molecule has 0 aromatic rings. The van der Waals surface area contributed by atoms with Crippen LogP contribution < -0.4 is 16.4 Å². The molecule has 1 atom stereocenters. The Morgan fingerprint density at radius 3 is 2.23 bits per heavy atom. The summed E-state index contributed by atoms with van der Waals surface area (Å²) in [5.74, 6) is -1.45. The monoisotopic (exact) mass is 187 g/mol. The minimum absolute atomic E-state index is 0.195. The van der Waals surface area contributed by atoms with Gasteiger partial charge in [-0.15, -0.1) is 0 Å². The molecule has 0 bridgehead atoms. The lowest BCUT2D eigenvalue weighted by Gasteiger charge is -2.13. The molecule has 0 aromatic carbocycles. The lowest BCUT2D eigenvalue weighted by atomic mass is 10.2. The number of hydrogen-bond acceptors (Lipinski definition) is 3. The van der Waals surface area contributed by atoms with E-state index in [4.69, 9.17) is 5.73 Å². The number of nitrogens with one attached hydrogen (secondary N) is 2. The minimum atomic E-state index is -0.875. The minimum Gasteiger partial charge on any atom is -0.370 e. The third-order valence-corrected chi connectivity index (χ3v) is 1.35. The second kappa shape index (κ2) is 5.13. The number of carbonyl (C=O) groups is 3. The lowest BCUT2D eigenvalue weighted by molar-refractivity contribution is -0.130. The molecule has 0 rings (SSSR count). The van der Waals surface area contributed by atoms with Crippen molar-refractivity contribution in [1.82, 2.24) is 10.6 Å². The Labute approximate surface area is 75.9 Å². The quantitative estimate of drug-likeness (QED) is 0.479. The summed E-state index contributed by atoms with van der Waals surface area (Å²) in [7, 11) is 1.41. The van der Waals surface area contributed by atoms with Crippen molar-refractivity contribution in [1.29, 1.82) is 0 Å². The highest BCUT2D eigenvalue weighted by molar-refractivity contribution is 5.90.